The number of rotatable bonds is 1. The van der Waals surface area contributed by atoms with E-state index in [1.54, 1.807) is 6.07 Å². The summed E-state index contributed by atoms with van der Waals surface area (Å²) in [6.45, 7) is 0. The Kier molecular flexibility index (Phi) is 3.74. The van der Waals surface area contributed by atoms with Gasteiger partial charge in [0.05, 0.1) is 4.90 Å². The van der Waals surface area contributed by atoms with Crippen molar-refractivity contribution in [1.29, 1.82) is 0 Å². The number of hydrogen-bond acceptors (Lipinski definition) is 3. The minimum Gasteiger partial charge on any atom is -0.744 e. The van der Waals surface area contributed by atoms with Crippen molar-refractivity contribution in [1.82, 2.24) is 0 Å². The molecule has 1 radical (unpaired) electrons. The molecule has 0 N–H and O–H groups in total. The van der Waals surface area contributed by atoms with Crippen molar-refractivity contribution in [2.45, 2.75) is 4.90 Å². The molecule has 0 heterocycles. The van der Waals surface area contributed by atoms with E-state index >= 15 is 0 Å². The van der Waals surface area contributed by atoms with E-state index in [-0.39, 0.29) is 21.7 Å². The molecule has 63 valence electrons. The van der Waals surface area contributed by atoms with Crippen molar-refractivity contribution in [2.75, 3.05) is 0 Å². The Labute approximate surface area is 75.4 Å². The number of hydrogen-bond donors (Lipinski definition) is 0. The fourth-order valence-electron chi connectivity index (χ4n) is 0.587. The Balaban J connectivity index is 0.000001000. The van der Waals surface area contributed by atoms with E-state index in [9.17, 15) is 13.0 Å². The van der Waals surface area contributed by atoms with Crippen molar-refractivity contribution in [2.24, 2.45) is 0 Å². The predicted octanol–water partition coefficient (Wildman–Crippen LogP) is 0.588. The second-order valence-corrected chi connectivity index (χ2v) is 3.15. The van der Waals surface area contributed by atoms with Crippen LogP contribution in [0.4, 0.5) is 0 Å². The summed E-state index contributed by atoms with van der Waals surface area (Å²) >= 11 is 0. The molecule has 5 heteroatoms. The maximum Gasteiger partial charge on any atom is 0.124 e. The van der Waals surface area contributed by atoms with Crippen molar-refractivity contribution in [3.8, 4) is 0 Å². The van der Waals surface area contributed by atoms with Gasteiger partial charge in [0.1, 0.15) is 10.1 Å². The van der Waals surface area contributed by atoms with E-state index in [2.05, 4.69) is 0 Å². The second-order valence-electron chi connectivity index (χ2n) is 1.77. The first-order valence-electron chi connectivity index (χ1n) is 2.61. The Morgan fingerprint density at radius 3 is 1.82 bits per heavy atom. The standard InChI is InChI=1S/C6H6O3S.Co/c7-10(8,9)6-4-2-1-3-5-6;/h1-5H,(H,7,8,9);/p-1. The summed E-state index contributed by atoms with van der Waals surface area (Å²) in [5.74, 6) is 0. The fourth-order valence-corrected chi connectivity index (χ4v) is 1.08. The van der Waals surface area contributed by atoms with Gasteiger partial charge in [0.2, 0.25) is 0 Å². The summed E-state index contributed by atoms with van der Waals surface area (Å²) in [4.78, 5) is -0.185. The minimum atomic E-state index is -4.25. The quantitative estimate of drug-likeness (QED) is 0.645. The van der Waals surface area contributed by atoms with Gasteiger partial charge in [-0.15, -0.1) is 0 Å². The third-order valence-corrected chi connectivity index (χ3v) is 1.88. The molecule has 1 aromatic carbocycles. The van der Waals surface area contributed by atoms with Crippen molar-refractivity contribution in [3.05, 3.63) is 30.3 Å². The largest absolute Gasteiger partial charge is 0.744 e. The summed E-state index contributed by atoms with van der Waals surface area (Å²) in [7, 11) is -4.25. The van der Waals surface area contributed by atoms with Crippen LogP contribution in [0.15, 0.2) is 35.2 Å². The van der Waals surface area contributed by atoms with Gasteiger partial charge < -0.3 is 4.55 Å². The van der Waals surface area contributed by atoms with E-state index in [0.717, 1.165) is 0 Å². The SMILES string of the molecule is O=S(=O)([O-])c1ccccc1.[Co]. The number of benzene rings is 1. The van der Waals surface area contributed by atoms with Crippen LogP contribution in [0.5, 0.6) is 0 Å². The van der Waals surface area contributed by atoms with Gasteiger partial charge in [-0.05, 0) is 12.1 Å². The Morgan fingerprint density at radius 2 is 1.55 bits per heavy atom. The first-order valence-corrected chi connectivity index (χ1v) is 4.02. The molecule has 0 spiro atoms. The minimum absolute atomic E-state index is 0. The Morgan fingerprint density at radius 1 is 1.09 bits per heavy atom. The molecule has 0 saturated heterocycles. The van der Waals surface area contributed by atoms with Crippen LogP contribution in [0.3, 0.4) is 0 Å². The monoisotopic (exact) mass is 216 g/mol. The van der Waals surface area contributed by atoms with Gasteiger partial charge in [0, 0.05) is 16.8 Å². The van der Waals surface area contributed by atoms with E-state index in [4.69, 9.17) is 0 Å². The smallest absolute Gasteiger partial charge is 0.124 e. The van der Waals surface area contributed by atoms with Crippen molar-refractivity contribution < 1.29 is 29.7 Å². The zero-order valence-corrected chi connectivity index (χ0v) is 7.21. The molecular weight excluding hydrogens is 211 g/mol. The zero-order valence-electron chi connectivity index (χ0n) is 5.35. The molecule has 0 bridgehead atoms. The first kappa shape index (κ1) is 10.6. The molecule has 0 saturated carbocycles. The molecule has 11 heavy (non-hydrogen) atoms. The summed E-state index contributed by atoms with van der Waals surface area (Å²) in [5.41, 5.74) is 0. The van der Waals surface area contributed by atoms with Crippen LogP contribution in [0, 0.1) is 0 Å². The summed E-state index contributed by atoms with van der Waals surface area (Å²) in [6, 6.07) is 7.19. The van der Waals surface area contributed by atoms with E-state index in [1.165, 1.54) is 24.3 Å². The summed E-state index contributed by atoms with van der Waals surface area (Å²) < 4.78 is 30.8. The molecule has 1 aromatic rings. The van der Waals surface area contributed by atoms with E-state index in [1.807, 2.05) is 0 Å². The van der Waals surface area contributed by atoms with Gasteiger partial charge in [-0.25, -0.2) is 8.42 Å². The zero-order chi connectivity index (χ0) is 7.61. The second kappa shape index (κ2) is 3.87. The van der Waals surface area contributed by atoms with Gasteiger partial charge in [-0.2, -0.15) is 0 Å². The van der Waals surface area contributed by atoms with Gasteiger partial charge in [0.25, 0.3) is 0 Å². The predicted molar refractivity (Wildman–Crippen MR) is 34.4 cm³/mol. The van der Waals surface area contributed by atoms with Gasteiger partial charge in [-0.3, -0.25) is 0 Å². The molecule has 0 aromatic heterocycles. The van der Waals surface area contributed by atoms with E-state index in [0.29, 0.717) is 0 Å². The molecule has 0 fully saturated rings. The topological polar surface area (TPSA) is 57.2 Å². The molecule has 0 unspecified atom stereocenters. The van der Waals surface area contributed by atoms with Gasteiger partial charge in [-0.1, -0.05) is 18.2 Å². The van der Waals surface area contributed by atoms with Crippen LogP contribution in [0.2, 0.25) is 0 Å². The molecule has 0 aliphatic rings. The molecule has 0 aliphatic carbocycles. The van der Waals surface area contributed by atoms with Gasteiger partial charge >= 0.3 is 0 Å². The molecular formula is C6H5CoO3S-. The summed E-state index contributed by atoms with van der Waals surface area (Å²) in [6.07, 6.45) is 0. The Bertz CT molecular complexity index is 306. The molecule has 3 nitrogen and oxygen atoms in total. The van der Waals surface area contributed by atoms with Crippen LogP contribution in [-0.4, -0.2) is 13.0 Å². The Hall–Kier alpha value is -0.364. The van der Waals surface area contributed by atoms with Crippen LogP contribution < -0.4 is 0 Å². The third kappa shape index (κ3) is 3.02. The molecule has 0 aliphatic heterocycles. The maximum atomic E-state index is 10.3. The fraction of sp³-hybridized carbons (Fsp3) is 0. The average molecular weight is 216 g/mol. The summed E-state index contributed by atoms with van der Waals surface area (Å²) in [5, 5.41) is 0. The molecule has 0 atom stereocenters. The molecule has 0 amide bonds. The average Bonchev–Trinajstić information content (AvgIpc) is 1.88. The van der Waals surface area contributed by atoms with Crippen LogP contribution in [0.25, 0.3) is 0 Å². The van der Waals surface area contributed by atoms with Crippen molar-refractivity contribution >= 4 is 10.1 Å². The maximum absolute atomic E-state index is 10.3. The van der Waals surface area contributed by atoms with Crippen LogP contribution >= 0.6 is 0 Å². The van der Waals surface area contributed by atoms with Crippen LogP contribution in [-0.2, 0) is 26.9 Å². The third-order valence-electron chi connectivity index (χ3n) is 1.03. The van der Waals surface area contributed by atoms with E-state index < -0.39 is 10.1 Å². The van der Waals surface area contributed by atoms with Crippen LogP contribution in [0.1, 0.15) is 0 Å². The normalized spacial score (nSPS) is 10.3. The van der Waals surface area contributed by atoms with Crippen molar-refractivity contribution in [3.63, 3.8) is 0 Å². The first-order chi connectivity index (χ1) is 4.61. The van der Waals surface area contributed by atoms with Gasteiger partial charge in [0.15, 0.2) is 0 Å². The molecule has 1 rings (SSSR count).